The van der Waals surface area contributed by atoms with Gasteiger partial charge in [-0.1, -0.05) is 72.3 Å². The van der Waals surface area contributed by atoms with Crippen LogP contribution in [0.3, 0.4) is 0 Å². The summed E-state index contributed by atoms with van der Waals surface area (Å²) in [6, 6.07) is 23.7. The lowest BCUT2D eigenvalue weighted by atomic mass is 10.1. The van der Waals surface area contributed by atoms with Gasteiger partial charge in [0.1, 0.15) is 17.0 Å². The predicted octanol–water partition coefficient (Wildman–Crippen LogP) is 5.01. The minimum atomic E-state index is -1.27. The van der Waals surface area contributed by atoms with Gasteiger partial charge in [0, 0.05) is 16.3 Å². The molecule has 0 radical (unpaired) electrons. The number of hydrogen-bond acceptors (Lipinski definition) is 4. The van der Waals surface area contributed by atoms with Crippen LogP contribution in [0.25, 0.3) is 21.9 Å². The Kier molecular flexibility index (Phi) is 3.33. The van der Waals surface area contributed by atoms with E-state index in [0.29, 0.717) is 11.4 Å². The van der Waals surface area contributed by atoms with Crippen LogP contribution < -0.4 is 5.32 Å². The van der Waals surface area contributed by atoms with Gasteiger partial charge in [0.15, 0.2) is 0 Å². The molecule has 5 rings (SSSR count). The van der Waals surface area contributed by atoms with E-state index < -0.39 is 5.12 Å². The quantitative estimate of drug-likeness (QED) is 0.404. The van der Waals surface area contributed by atoms with Crippen molar-refractivity contribution >= 4 is 45.7 Å². The predicted molar refractivity (Wildman–Crippen MR) is 106 cm³/mol. The van der Waals surface area contributed by atoms with Crippen LogP contribution in [-0.4, -0.2) is 12.2 Å². The van der Waals surface area contributed by atoms with E-state index in [-0.39, 0.29) is 0 Å². The zero-order valence-corrected chi connectivity index (χ0v) is 14.4. The molecule has 1 aliphatic rings. The maximum atomic E-state index is 6.87. The monoisotopic (exact) mass is 359 g/mol. The Hall–Kier alpha value is -3.11. The minimum absolute atomic E-state index is 0.670. The van der Waals surface area contributed by atoms with E-state index in [4.69, 9.17) is 16.0 Å². The summed E-state index contributed by atoms with van der Waals surface area (Å²) < 4.78 is 6.09. The van der Waals surface area contributed by atoms with Crippen molar-refractivity contribution in [3.63, 3.8) is 0 Å². The van der Waals surface area contributed by atoms with Gasteiger partial charge in [0.25, 0.3) is 5.12 Å². The third-order valence-electron chi connectivity index (χ3n) is 4.49. The van der Waals surface area contributed by atoms with E-state index in [1.807, 2.05) is 72.8 Å². The van der Waals surface area contributed by atoms with Gasteiger partial charge in [-0.05, 0) is 12.1 Å². The number of furan rings is 1. The van der Waals surface area contributed by atoms with Crippen molar-refractivity contribution < 1.29 is 4.42 Å². The van der Waals surface area contributed by atoms with Crippen LogP contribution in [-0.2, 0) is 5.12 Å². The van der Waals surface area contributed by atoms with Gasteiger partial charge in [0.2, 0.25) is 0 Å². The molecule has 0 spiro atoms. The van der Waals surface area contributed by atoms with Gasteiger partial charge < -0.3 is 9.73 Å². The second-order valence-corrected chi connectivity index (χ2v) is 6.62. The maximum Gasteiger partial charge on any atom is 0.259 e. The molecule has 1 aliphatic heterocycles. The molecule has 0 saturated heterocycles. The van der Waals surface area contributed by atoms with Crippen LogP contribution in [0.2, 0.25) is 0 Å². The van der Waals surface area contributed by atoms with Gasteiger partial charge in [-0.25, -0.2) is 9.98 Å². The number of aliphatic imine (C=N–C) groups is 2. The first-order chi connectivity index (χ1) is 12.7. The molecule has 3 aromatic carbocycles. The third-order valence-corrected chi connectivity index (χ3v) is 4.88. The normalized spacial score (nSPS) is 19.5. The molecule has 0 saturated carbocycles. The van der Waals surface area contributed by atoms with E-state index in [0.717, 1.165) is 27.5 Å². The van der Waals surface area contributed by atoms with Crippen LogP contribution in [0.15, 0.2) is 87.2 Å². The second-order valence-electron chi connectivity index (χ2n) is 6.10. The molecule has 4 aromatic rings. The lowest BCUT2D eigenvalue weighted by molar-refractivity contribution is 0.626. The fourth-order valence-corrected chi connectivity index (χ4v) is 3.54. The summed E-state index contributed by atoms with van der Waals surface area (Å²) in [6.07, 6.45) is 1.59. The zero-order valence-electron chi connectivity index (χ0n) is 13.7. The Morgan fingerprint density at radius 2 is 1.62 bits per heavy atom. The molecule has 126 valence electrons. The molecule has 1 aromatic heterocycles. The molecule has 5 heteroatoms. The fraction of sp³-hybridized carbons (Fsp3) is 0.0476. The molecule has 0 amide bonds. The lowest BCUT2D eigenvalue weighted by Gasteiger charge is -2.24. The zero-order chi connectivity index (χ0) is 17.6. The van der Waals surface area contributed by atoms with Crippen molar-refractivity contribution in [3.8, 4) is 0 Å². The van der Waals surface area contributed by atoms with E-state index in [2.05, 4.69) is 15.3 Å². The Balaban J connectivity index is 1.72. The summed E-state index contributed by atoms with van der Waals surface area (Å²) in [4.78, 5) is 9.10. The summed E-state index contributed by atoms with van der Waals surface area (Å²) in [5.74, 6) is 0.670. The summed E-state index contributed by atoms with van der Waals surface area (Å²) >= 11 is 6.87. The highest BCUT2D eigenvalue weighted by atomic mass is 35.5. The van der Waals surface area contributed by atoms with Crippen molar-refractivity contribution in [3.05, 3.63) is 83.9 Å². The lowest BCUT2D eigenvalue weighted by Crippen LogP contribution is -2.32. The highest BCUT2D eigenvalue weighted by Crippen LogP contribution is 2.41. The van der Waals surface area contributed by atoms with Crippen LogP contribution >= 0.6 is 11.6 Å². The van der Waals surface area contributed by atoms with E-state index in [1.165, 1.54) is 0 Å². The number of hydrogen-bond donors (Lipinski definition) is 1. The smallest absolute Gasteiger partial charge is 0.259 e. The topological polar surface area (TPSA) is 49.9 Å². The Bertz CT molecular complexity index is 1180. The molecule has 1 N–H and O–H groups in total. The molecule has 0 bridgehead atoms. The Labute approximate surface area is 154 Å². The van der Waals surface area contributed by atoms with E-state index in [9.17, 15) is 0 Å². The SMILES string of the molecule is ClC1(c2cccc3c2oc2ccccc23)N=CNC(c2ccccc2)=N1. The first-order valence-corrected chi connectivity index (χ1v) is 8.67. The number of nitrogens with zero attached hydrogens (tertiary/aromatic N) is 2. The number of rotatable bonds is 2. The summed E-state index contributed by atoms with van der Waals surface area (Å²) in [6.45, 7) is 0. The van der Waals surface area contributed by atoms with Crippen molar-refractivity contribution in [2.75, 3.05) is 0 Å². The highest BCUT2D eigenvalue weighted by molar-refractivity contribution is 6.27. The fourth-order valence-electron chi connectivity index (χ4n) is 3.26. The third kappa shape index (κ3) is 2.30. The number of halogens is 1. The molecule has 1 unspecified atom stereocenters. The van der Waals surface area contributed by atoms with E-state index >= 15 is 0 Å². The number of para-hydroxylation sites is 2. The van der Waals surface area contributed by atoms with Gasteiger partial charge in [-0.15, -0.1) is 0 Å². The standard InChI is InChI=1S/C21H14ClN3O/c22-21(24-13-23-20(25-21)14-7-2-1-3-8-14)17-11-6-10-16-15-9-4-5-12-18(15)26-19(16)17/h1-13H,(H,23,24,25). The van der Waals surface area contributed by atoms with Gasteiger partial charge in [-0.3, -0.25) is 0 Å². The first kappa shape index (κ1) is 15.2. The number of fused-ring (bicyclic) bond motifs is 3. The van der Waals surface area contributed by atoms with Crippen molar-refractivity contribution in [1.29, 1.82) is 0 Å². The van der Waals surface area contributed by atoms with Crippen LogP contribution in [0, 0.1) is 0 Å². The van der Waals surface area contributed by atoms with Crippen LogP contribution in [0.1, 0.15) is 11.1 Å². The highest BCUT2D eigenvalue weighted by Gasteiger charge is 2.34. The molecule has 4 nitrogen and oxygen atoms in total. The Morgan fingerprint density at radius 3 is 2.50 bits per heavy atom. The second kappa shape index (κ2) is 5.71. The largest absolute Gasteiger partial charge is 0.456 e. The number of alkyl halides is 1. The van der Waals surface area contributed by atoms with Crippen molar-refractivity contribution in [2.24, 2.45) is 9.98 Å². The van der Waals surface area contributed by atoms with Crippen molar-refractivity contribution in [2.45, 2.75) is 5.12 Å². The summed E-state index contributed by atoms with van der Waals surface area (Å²) in [7, 11) is 0. The van der Waals surface area contributed by atoms with Crippen molar-refractivity contribution in [1.82, 2.24) is 5.32 Å². The number of benzene rings is 3. The average molecular weight is 360 g/mol. The summed E-state index contributed by atoms with van der Waals surface area (Å²) in [5, 5.41) is 3.86. The van der Waals surface area contributed by atoms with Gasteiger partial charge in [0.05, 0.1) is 11.9 Å². The maximum absolute atomic E-state index is 6.87. The summed E-state index contributed by atoms with van der Waals surface area (Å²) in [5.41, 5.74) is 3.19. The molecule has 1 atom stereocenters. The molecular formula is C21H14ClN3O. The first-order valence-electron chi connectivity index (χ1n) is 8.30. The van der Waals surface area contributed by atoms with E-state index in [1.54, 1.807) is 6.34 Å². The Morgan fingerprint density at radius 1 is 0.846 bits per heavy atom. The number of amidine groups is 1. The average Bonchev–Trinajstić information content (AvgIpc) is 3.07. The molecule has 26 heavy (non-hydrogen) atoms. The molecular weight excluding hydrogens is 346 g/mol. The molecule has 0 aliphatic carbocycles. The molecule has 0 fully saturated rings. The van der Waals surface area contributed by atoms with Crippen LogP contribution in [0.4, 0.5) is 0 Å². The van der Waals surface area contributed by atoms with Gasteiger partial charge >= 0.3 is 0 Å². The number of nitrogens with one attached hydrogen (secondary N) is 1. The molecule has 2 heterocycles. The minimum Gasteiger partial charge on any atom is -0.456 e. The van der Waals surface area contributed by atoms with Crippen LogP contribution in [0.5, 0.6) is 0 Å². The van der Waals surface area contributed by atoms with Gasteiger partial charge in [-0.2, -0.15) is 0 Å².